The van der Waals surface area contributed by atoms with Crippen molar-refractivity contribution in [2.75, 3.05) is 0 Å². The number of hydrogen-bond donors (Lipinski definition) is 1. The summed E-state index contributed by atoms with van der Waals surface area (Å²) in [5.41, 5.74) is 6.97. The van der Waals surface area contributed by atoms with Crippen molar-refractivity contribution in [2.45, 2.75) is 19.1 Å². The second-order valence-corrected chi connectivity index (χ2v) is 4.94. The Morgan fingerprint density at radius 3 is 2.64 bits per heavy atom. The van der Waals surface area contributed by atoms with Gasteiger partial charge in [0.2, 0.25) is 0 Å². The van der Waals surface area contributed by atoms with Gasteiger partial charge >= 0.3 is 6.18 Å². The topological polar surface area (TPSA) is 56.2 Å². The molecule has 0 saturated heterocycles. The van der Waals surface area contributed by atoms with Gasteiger partial charge in [0, 0.05) is 19.2 Å². The van der Waals surface area contributed by atoms with Gasteiger partial charge in [-0.2, -0.15) is 18.3 Å². The van der Waals surface area contributed by atoms with Gasteiger partial charge in [-0.05, 0) is 29.3 Å². The van der Waals surface area contributed by atoms with Crippen molar-refractivity contribution in [2.24, 2.45) is 5.73 Å². The van der Waals surface area contributed by atoms with Crippen LogP contribution in [0, 0.1) is 0 Å². The fraction of sp³-hybridized carbons (Fsp3) is 0.200. The molecular weight excluding hydrogens is 293 g/mol. The summed E-state index contributed by atoms with van der Waals surface area (Å²) in [5, 5.41) is 4.26. The normalized spacial score (nSPS) is 12.0. The molecule has 22 heavy (non-hydrogen) atoms. The molecule has 3 rings (SSSR count). The highest BCUT2D eigenvalue weighted by Gasteiger charge is 2.30. The molecule has 0 fully saturated rings. The highest BCUT2D eigenvalue weighted by atomic mass is 19.4. The van der Waals surface area contributed by atoms with Crippen molar-refractivity contribution in [1.82, 2.24) is 14.6 Å². The Kier molecular flexibility index (Phi) is 3.58. The lowest BCUT2D eigenvalue weighted by Crippen LogP contribution is -2.05. The molecule has 2 aromatic heterocycles. The van der Waals surface area contributed by atoms with Crippen LogP contribution in [0.15, 0.2) is 42.6 Å². The number of hydrogen-bond acceptors (Lipinski definition) is 3. The molecule has 0 saturated carbocycles. The molecule has 7 heteroatoms. The van der Waals surface area contributed by atoms with Crippen LogP contribution >= 0.6 is 0 Å². The molecule has 2 heterocycles. The summed E-state index contributed by atoms with van der Waals surface area (Å²) in [6.07, 6.45) is -2.37. The number of rotatable bonds is 3. The summed E-state index contributed by atoms with van der Waals surface area (Å²) in [4.78, 5) is 4.32. The third-order valence-corrected chi connectivity index (χ3v) is 3.30. The molecule has 0 amide bonds. The van der Waals surface area contributed by atoms with Gasteiger partial charge in [-0.25, -0.2) is 9.50 Å². The summed E-state index contributed by atoms with van der Waals surface area (Å²) in [6.45, 7) is 0.395. The van der Waals surface area contributed by atoms with Gasteiger partial charge < -0.3 is 5.73 Å². The first-order chi connectivity index (χ1) is 10.5. The van der Waals surface area contributed by atoms with E-state index in [2.05, 4.69) is 10.1 Å². The van der Waals surface area contributed by atoms with Gasteiger partial charge in [-0.15, -0.1) is 0 Å². The lowest BCUT2D eigenvalue weighted by atomic mass is 10.1. The van der Waals surface area contributed by atoms with Gasteiger partial charge in [0.05, 0.1) is 5.56 Å². The maximum Gasteiger partial charge on any atom is 0.416 e. The van der Waals surface area contributed by atoms with Gasteiger partial charge in [0.1, 0.15) is 0 Å². The van der Waals surface area contributed by atoms with Crippen LogP contribution in [-0.4, -0.2) is 14.6 Å². The summed E-state index contributed by atoms with van der Waals surface area (Å²) in [6, 6.07) is 8.83. The molecule has 0 bridgehead atoms. The zero-order valence-corrected chi connectivity index (χ0v) is 11.5. The summed E-state index contributed by atoms with van der Waals surface area (Å²) < 4.78 is 39.7. The number of fused-ring (bicyclic) bond motifs is 1. The SMILES string of the molecule is NCc1ccn2nc(Cc3cccc(C(F)(F)F)c3)nc2c1. The molecule has 0 aliphatic rings. The number of alkyl halides is 3. The fourth-order valence-electron chi connectivity index (χ4n) is 2.21. The van der Waals surface area contributed by atoms with Crippen LogP contribution in [0.4, 0.5) is 13.2 Å². The van der Waals surface area contributed by atoms with Gasteiger partial charge in [-0.1, -0.05) is 18.2 Å². The number of halogens is 3. The minimum absolute atomic E-state index is 0.240. The van der Waals surface area contributed by atoms with E-state index in [9.17, 15) is 13.2 Å². The van der Waals surface area contributed by atoms with E-state index in [1.165, 1.54) is 6.07 Å². The third-order valence-electron chi connectivity index (χ3n) is 3.30. The number of pyridine rings is 1. The Morgan fingerprint density at radius 1 is 1.09 bits per heavy atom. The van der Waals surface area contributed by atoms with Crippen LogP contribution in [0.25, 0.3) is 5.65 Å². The highest BCUT2D eigenvalue weighted by Crippen LogP contribution is 2.29. The molecule has 114 valence electrons. The van der Waals surface area contributed by atoms with Gasteiger partial charge in [0.15, 0.2) is 11.5 Å². The number of benzene rings is 1. The maximum absolute atomic E-state index is 12.7. The average Bonchev–Trinajstić information content (AvgIpc) is 2.87. The van der Waals surface area contributed by atoms with Gasteiger partial charge in [0.25, 0.3) is 0 Å². The van der Waals surface area contributed by atoms with Crippen molar-refractivity contribution in [1.29, 1.82) is 0 Å². The lowest BCUT2D eigenvalue weighted by molar-refractivity contribution is -0.137. The minimum Gasteiger partial charge on any atom is -0.326 e. The molecular formula is C15H13F3N4. The Morgan fingerprint density at radius 2 is 1.91 bits per heavy atom. The van der Waals surface area contributed by atoms with E-state index in [0.717, 1.165) is 17.7 Å². The summed E-state index contributed by atoms with van der Waals surface area (Å²) in [5.74, 6) is 0.466. The maximum atomic E-state index is 12.7. The van der Waals surface area contributed by atoms with Crippen molar-refractivity contribution >= 4 is 5.65 Å². The largest absolute Gasteiger partial charge is 0.416 e. The monoisotopic (exact) mass is 306 g/mol. The van der Waals surface area contributed by atoms with E-state index in [4.69, 9.17) is 5.73 Å². The van der Waals surface area contributed by atoms with Crippen molar-refractivity contribution < 1.29 is 13.2 Å². The first-order valence-electron chi connectivity index (χ1n) is 6.66. The Labute approximate surface area is 124 Å². The zero-order valence-electron chi connectivity index (χ0n) is 11.5. The third kappa shape index (κ3) is 2.94. The van der Waals surface area contributed by atoms with Crippen LogP contribution < -0.4 is 5.73 Å². The zero-order chi connectivity index (χ0) is 15.7. The number of nitrogens with zero attached hydrogens (tertiary/aromatic N) is 3. The van der Waals surface area contributed by atoms with E-state index >= 15 is 0 Å². The van der Waals surface area contributed by atoms with Crippen molar-refractivity contribution in [3.05, 3.63) is 65.1 Å². The summed E-state index contributed by atoms with van der Waals surface area (Å²) in [7, 11) is 0. The van der Waals surface area contributed by atoms with Crippen LogP contribution in [0.5, 0.6) is 0 Å². The predicted molar refractivity (Wildman–Crippen MR) is 75.1 cm³/mol. The minimum atomic E-state index is -4.35. The first kappa shape index (κ1) is 14.5. The molecule has 0 atom stereocenters. The van der Waals surface area contributed by atoms with E-state index in [-0.39, 0.29) is 6.42 Å². The molecule has 0 radical (unpaired) electrons. The second kappa shape index (κ2) is 5.42. The summed E-state index contributed by atoms with van der Waals surface area (Å²) >= 11 is 0. The number of aromatic nitrogens is 3. The Balaban J connectivity index is 1.90. The molecule has 0 unspecified atom stereocenters. The Hall–Kier alpha value is -2.41. The first-order valence-corrected chi connectivity index (χ1v) is 6.66. The van der Waals surface area contributed by atoms with E-state index in [0.29, 0.717) is 23.6 Å². The van der Waals surface area contributed by atoms with E-state index in [1.54, 1.807) is 16.8 Å². The number of nitrogens with two attached hydrogens (primary N) is 1. The van der Waals surface area contributed by atoms with Crippen LogP contribution in [-0.2, 0) is 19.1 Å². The van der Waals surface area contributed by atoms with Gasteiger partial charge in [-0.3, -0.25) is 0 Å². The van der Waals surface area contributed by atoms with Crippen LogP contribution in [0.3, 0.4) is 0 Å². The van der Waals surface area contributed by atoms with Crippen LogP contribution in [0.1, 0.15) is 22.5 Å². The molecule has 3 aromatic rings. The molecule has 1 aromatic carbocycles. The molecule has 2 N–H and O–H groups in total. The van der Waals surface area contributed by atoms with E-state index in [1.807, 2.05) is 12.1 Å². The van der Waals surface area contributed by atoms with E-state index < -0.39 is 11.7 Å². The fourth-order valence-corrected chi connectivity index (χ4v) is 2.21. The molecule has 4 nitrogen and oxygen atoms in total. The van der Waals surface area contributed by atoms with Crippen molar-refractivity contribution in [3.63, 3.8) is 0 Å². The molecule has 0 aliphatic carbocycles. The second-order valence-electron chi connectivity index (χ2n) is 4.94. The average molecular weight is 306 g/mol. The lowest BCUT2D eigenvalue weighted by Gasteiger charge is -2.07. The quantitative estimate of drug-likeness (QED) is 0.809. The smallest absolute Gasteiger partial charge is 0.326 e. The van der Waals surface area contributed by atoms with Crippen molar-refractivity contribution in [3.8, 4) is 0 Å². The Bertz CT molecular complexity index is 808. The molecule has 0 aliphatic heterocycles. The molecule has 0 spiro atoms. The van der Waals surface area contributed by atoms with Crippen LogP contribution in [0.2, 0.25) is 0 Å². The standard InChI is InChI=1S/C15H13F3N4/c16-15(17,18)12-3-1-2-10(6-12)7-13-20-14-8-11(9-19)4-5-22(14)21-13/h1-6,8H,7,9,19H2. The highest BCUT2D eigenvalue weighted by molar-refractivity contribution is 5.41. The predicted octanol–water partition coefficient (Wildman–Crippen LogP) is 2.80.